The highest BCUT2D eigenvalue weighted by atomic mass is 16.5. The van der Waals surface area contributed by atoms with Crippen LogP contribution >= 0.6 is 0 Å². The number of nitrogens with zero attached hydrogens (tertiary/aromatic N) is 2. The lowest BCUT2D eigenvalue weighted by molar-refractivity contribution is -0.127. The number of methoxy groups -OCH3 is 1. The molecule has 1 atom stereocenters. The molecule has 3 rings (SSSR count). The molecule has 2 aromatic rings. The average Bonchev–Trinajstić information content (AvgIpc) is 3.10. The number of pyridine rings is 1. The van der Waals surface area contributed by atoms with Crippen molar-refractivity contribution in [3.05, 3.63) is 53.9 Å². The largest absolute Gasteiger partial charge is 0.493 e. The monoisotopic (exact) mass is 369 g/mol. The highest BCUT2D eigenvalue weighted by molar-refractivity contribution is 5.78. The Morgan fingerprint density at radius 3 is 2.85 bits per heavy atom. The molecule has 6 nitrogen and oxygen atoms in total. The van der Waals surface area contributed by atoms with Gasteiger partial charge < -0.3 is 19.7 Å². The summed E-state index contributed by atoms with van der Waals surface area (Å²) in [5.74, 6) is 1.68. The molecule has 1 N–H and O–H groups in total. The van der Waals surface area contributed by atoms with Gasteiger partial charge in [0.25, 0.3) is 0 Å². The van der Waals surface area contributed by atoms with Crippen molar-refractivity contribution >= 4 is 5.91 Å². The Hall–Kier alpha value is -2.60. The maximum atomic E-state index is 11.8. The van der Waals surface area contributed by atoms with Crippen molar-refractivity contribution < 1.29 is 14.3 Å². The summed E-state index contributed by atoms with van der Waals surface area (Å²) in [5, 5.41) is 3.48. The fraction of sp³-hybridized carbons (Fsp3) is 0.429. The molecule has 0 aliphatic carbocycles. The zero-order valence-electron chi connectivity index (χ0n) is 16.0. The number of ether oxygens (including phenoxy) is 2. The second-order valence-electron chi connectivity index (χ2n) is 6.86. The summed E-state index contributed by atoms with van der Waals surface area (Å²) in [6, 6.07) is 10.0. The number of hydrogen-bond acceptors (Lipinski definition) is 5. The first kappa shape index (κ1) is 19.2. The highest BCUT2D eigenvalue weighted by Gasteiger charge is 2.21. The summed E-state index contributed by atoms with van der Waals surface area (Å²) in [4.78, 5) is 17.8. The van der Waals surface area contributed by atoms with E-state index in [0.29, 0.717) is 31.1 Å². The molecule has 0 radical (unpaired) electrons. The Labute approximate surface area is 160 Å². The van der Waals surface area contributed by atoms with Crippen molar-refractivity contribution in [2.75, 3.05) is 20.2 Å². The second-order valence-corrected chi connectivity index (χ2v) is 6.86. The molecule has 0 saturated carbocycles. The third kappa shape index (κ3) is 5.44. The molecule has 1 aliphatic heterocycles. The lowest BCUT2D eigenvalue weighted by Crippen LogP contribution is -2.39. The quantitative estimate of drug-likeness (QED) is 0.736. The summed E-state index contributed by atoms with van der Waals surface area (Å²) in [7, 11) is 1.64. The van der Waals surface area contributed by atoms with Crippen LogP contribution < -0.4 is 14.8 Å². The number of nitrogens with one attached hydrogen (secondary N) is 1. The van der Waals surface area contributed by atoms with Gasteiger partial charge in [-0.15, -0.1) is 0 Å². The van der Waals surface area contributed by atoms with Crippen LogP contribution in [-0.4, -0.2) is 42.0 Å². The van der Waals surface area contributed by atoms with Gasteiger partial charge in [-0.25, -0.2) is 0 Å². The van der Waals surface area contributed by atoms with Crippen molar-refractivity contribution in [1.82, 2.24) is 15.2 Å². The zero-order valence-corrected chi connectivity index (χ0v) is 16.0. The maximum Gasteiger partial charge on any atom is 0.222 e. The van der Waals surface area contributed by atoms with E-state index >= 15 is 0 Å². The van der Waals surface area contributed by atoms with E-state index in [1.165, 1.54) is 0 Å². The van der Waals surface area contributed by atoms with Crippen molar-refractivity contribution in [3.8, 4) is 11.5 Å². The van der Waals surface area contributed by atoms with Gasteiger partial charge in [0.1, 0.15) is 6.61 Å². The van der Waals surface area contributed by atoms with Gasteiger partial charge in [0, 0.05) is 50.1 Å². The number of benzene rings is 1. The van der Waals surface area contributed by atoms with E-state index < -0.39 is 0 Å². The van der Waals surface area contributed by atoms with E-state index in [1.807, 2.05) is 35.2 Å². The van der Waals surface area contributed by atoms with Crippen molar-refractivity contribution in [1.29, 1.82) is 0 Å². The van der Waals surface area contributed by atoms with Crippen LogP contribution in [0.25, 0.3) is 0 Å². The van der Waals surface area contributed by atoms with E-state index in [4.69, 9.17) is 9.47 Å². The molecule has 1 aromatic heterocycles. The van der Waals surface area contributed by atoms with Crippen LogP contribution in [0.4, 0.5) is 0 Å². The third-order valence-electron chi connectivity index (χ3n) is 4.67. The van der Waals surface area contributed by atoms with Crippen LogP contribution in [0.1, 0.15) is 30.9 Å². The van der Waals surface area contributed by atoms with Crippen LogP contribution in [0.5, 0.6) is 11.5 Å². The maximum absolute atomic E-state index is 11.8. The summed E-state index contributed by atoms with van der Waals surface area (Å²) in [5.41, 5.74) is 2.11. The van der Waals surface area contributed by atoms with Crippen LogP contribution in [0.3, 0.4) is 0 Å². The standard InChI is InChI=1S/C21H27N3O3/c1-16(14-24-10-4-6-21(24)25)23-13-17-7-8-19(26-2)20(11-17)27-15-18-5-3-9-22-12-18/h3,5,7-9,11-12,16,23H,4,6,10,13-15H2,1-2H3/t16-/m0/s1. The van der Waals surface area contributed by atoms with Crippen molar-refractivity contribution in [2.45, 2.75) is 39.0 Å². The fourth-order valence-electron chi connectivity index (χ4n) is 3.17. The van der Waals surface area contributed by atoms with Gasteiger partial charge in [0.05, 0.1) is 7.11 Å². The number of amides is 1. The Morgan fingerprint density at radius 2 is 2.15 bits per heavy atom. The predicted molar refractivity (Wildman–Crippen MR) is 104 cm³/mol. The summed E-state index contributed by atoms with van der Waals surface area (Å²) >= 11 is 0. The topological polar surface area (TPSA) is 63.7 Å². The van der Waals surface area contributed by atoms with Crippen molar-refractivity contribution in [3.63, 3.8) is 0 Å². The van der Waals surface area contributed by atoms with Gasteiger partial charge in [-0.1, -0.05) is 12.1 Å². The Morgan fingerprint density at radius 1 is 1.26 bits per heavy atom. The molecule has 6 heteroatoms. The van der Waals surface area contributed by atoms with Gasteiger partial charge in [0.15, 0.2) is 11.5 Å². The summed E-state index contributed by atoms with van der Waals surface area (Å²) < 4.78 is 11.3. The number of carbonyl (C=O) groups excluding carboxylic acids is 1. The van der Waals surface area contributed by atoms with E-state index in [-0.39, 0.29) is 11.9 Å². The third-order valence-corrected chi connectivity index (χ3v) is 4.67. The normalized spacial score (nSPS) is 15.0. The first-order valence-electron chi connectivity index (χ1n) is 9.35. The lowest BCUT2D eigenvalue weighted by atomic mass is 10.2. The lowest BCUT2D eigenvalue weighted by Gasteiger charge is -2.22. The molecule has 0 bridgehead atoms. The number of hydrogen-bond donors (Lipinski definition) is 1. The summed E-state index contributed by atoms with van der Waals surface area (Å²) in [6.45, 7) is 4.87. The number of likely N-dealkylation sites (tertiary alicyclic amines) is 1. The molecule has 0 unspecified atom stereocenters. The van der Waals surface area contributed by atoms with E-state index in [9.17, 15) is 4.79 Å². The van der Waals surface area contributed by atoms with E-state index in [1.54, 1.807) is 19.5 Å². The first-order valence-corrected chi connectivity index (χ1v) is 9.35. The minimum Gasteiger partial charge on any atom is -0.493 e. The molecule has 144 valence electrons. The van der Waals surface area contributed by atoms with Crippen LogP contribution in [0.2, 0.25) is 0 Å². The average molecular weight is 369 g/mol. The SMILES string of the molecule is COc1ccc(CN[C@@H](C)CN2CCCC2=O)cc1OCc1cccnc1. The molecular weight excluding hydrogens is 342 g/mol. The van der Waals surface area contributed by atoms with Crippen molar-refractivity contribution in [2.24, 2.45) is 0 Å². The molecule has 1 amide bonds. The van der Waals surface area contributed by atoms with Gasteiger partial charge in [-0.3, -0.25) is 9.78 Å². The Balaban J connectivity index is 1.56. The molecule has 0 spiro atoms. The number of aromatic nitrogens is 1. The van der Waals surface area contributed by atoms with Crippen LogP contribution in [-0.2, 0) is 17.9 Å². The van der Waals surface area contributed by atoms with Crippen LogP contribution in [0.15, 0.2) is 42.7 Å². The minimum atomic E-state index is 0.230. The predicted octanol–water partition coefficient (Wildman–Crippen LogP) is 2.77. The molecule has 1 aliphatic rings. The smallest absolute Gasteiger partial charge is 0.222 e. The molecule has 1 aromatic carbocycles. The molecule has 1 fully saturated rings. The highest BCUT2D eigenvalue weighted by Crippen LogP contribution is 2.29. The van der Waals surface area contributed by atoms with Crippen LogP contribution in [0, 0.1) is 0 Å². The molecule has 2 heterocycles. The molecular formula is C21H27N3O3. The van der Waals surface area contributed by atoms with Gasteiger partial charge >= 0.3 is 0 Å². The van der Waals surface area contributed by atoms with Gasteiger partial charge in [-0.05, 0) is 37.1 Å². The van der Waals surface area contributed by atoms with Gasteiger partial charge in [-0.2, -0.15) is 0 Å². The Kier molecular flexibility index (Phi) is 6.65. The van der Waals surface area contributed by atoms with E-state index in [2.05, 4.69) is 17.2 Å². The van der Waals surface area contributed by atoms with E-state index in [0.717, 1.165) is 30.6 Å². The van der Waals surface area contributed by atoms with Gasteiger partial charge in [0.2, 0.25) is 5.91 Å². The molecule has 27 heavy (non-hydrogen) atoms. The fourth-order valence-corrected chi connectivity index (χ4v) is 3.17. The minimum absolute atomic E-state index is 0.230. The Bertz CT molecular complexity index is 752. The first-order chi connectivity index (χ1) is 13.2. The zero-order chi connectivity index (χ0) is 19.1. The summed E-state index contributed by atoms with van der Waals surface area (Å²) in [6.07, 6.45) is 5.19. The number of rotatable bonds is 9. The number of carbonyl (C=O) groups is 1. The second kappa shape index (κ2) is 9.37. The molecule has 1 saturated heterocycles.